The first-order chi connectivity index (χ1) is 13.8. The molecule has 0 fully saturated rings. The van der Waals surface area contributed by atoms with Crippen molar-refractivity contribution in [3.05, 3.63) is 51.1 Å². The number of carbonyl (C=O) groups is 1. The van der Waals surface area contributed by atoms with E-state index in [0.717, 1.165) is 17.4 Å². The Kier molecular flexibility index (Phi) is 4.72. The molecule has 0 saturated heterocycles. The Morgan fingerprint density at radius 3 is 2.66 bits per heavy atom. The van der Waals surface area contributed by atoms with Gasteiger partial charge in [-0.2, -0.15) is 0 Å². The molecule has 0 bridgehead atoms. The lowest BCUT2D eigenvalue weighted by Gasteiger charge is -2.21. The zero-order valence-electron chi connectivity index (χ0n) is 15.2. The Labute approximate surface area is 177 Å². The summed E-state index contributed by atoms with van der Waals surface area (Å²) in [6, 6.07) is 7.37. The van der Waals surface area contributed by atoms with Crippen molar-refractivity contribution in [1.29, 1.82) is 0 Å². The number of hydrogen-bond donors (Lipinski definition) is 3. The number of ether oxygens (including phenoxy) is 2. The van der Waals surface area contributed by atoms with Crippen LogP contribution < -0.4 is 20.5 Å². The average molecular weight is 480 g/mol. The van der Waals surface area contributed by atoms with Crippen LogP contribution in [0.2, 0.25) is 0 Å². The lowest BCUT2D eigenvalue weighted by Crippen LogP contribution is -2.35. The Bertz CT molecular complexity index is 1150. The van der Waals surface area contributed by atoms with Crippen LogP contribution in [-0.2, 0) is 10.4 Å². The number of halogens is 2. The molecule has 1 aromatic heterocycles. The number of rotatable bonds is 4. The van der Waals surface area contributed by atoms with Crippen LogP contribution in [0.4, 0.5) is 15.2 Å². The fourth-order valence-electron chi connectivity index (χ4n) is 3.30. The van der Waals surface area contributed by atoms with Crippen molar-refractivity contribution >= 4 is 44.0 Å². The first-order valence-electron chi connectivity index (χ1n) is 8.32. The smallest absolute Gasteiger partial charge is 0.266 e. The summed E-state index contributed by atoms with van der Waals surface area (Å²) in [5, 5.41) is 14.2. The van der Waals surface area contributed by atoms with Crippen molar-refractivity contribution < 1.29 is 23.8 Å². The van der Waals surface area contributed by atoms with E-state index in [1.165, 1.54) is 20.3 Å². The highest BCUT2D eigenvalue weighted by atomic mass is 79.9. The number of nitrogens with one attached hydrogen (secondary N) is 1. The molecule has 1 aliphatic heterocycles. The Morgan fingerprint density at radius 1 is 1.24 bits per heavy atom. The maximum atomic E-state index is 14.1. The molecule has 1 atom stereocenters. The SMILES string of the molecule is COc1ccc(-c2nc(N)sc2[C@]2(O)C(=O)Nc3c(Br)cc(F)cc32)cc1OC. The normalized spacial score (nSPS) is 17.8. The van der Waals surface area contributed by atoms with Crippen LogP contribution in [0, 0.1) is 5.82 Å². The quantitative estimate of drug-likeness (QED) is 0.528. The second kappa shape index (κ2) is 6.97. The molecule has 0 spiro atoms. The van der Waals surface area contributed by atoms with Gasteiger partial charge in [0, 0.05) is 15.6 Å². The number of nitrogens with two attached hydrogens (primary N) is 1. The maximum absolute atomic E-state index is 14.1. The molecule has 2 heterocycles. The second-order valence-electron chi connectivity index (χ2n) is 6.27. The van der Waals surface area contributed by atoms with E-state index in [1.807, 2.05) is 0 Å². The van der Waals surface area contributed by atoms with E-state index in [2.05, 4.69) is 26.2 Å². The molecule has 150 valence electrons. The molecule has 10 heteroatoms. The highest BCUT2D eigenvalue weighted by molar-refractivity contribution is 9.10. The zero-order valence-corrected chi connectivity index (χ0v) is 17.6. The maximum Gasteiger partial charge on any atom is 0.266 e. The third kappa shape index (κ3) is 2.95. The van der Waals surface area contributed by atoms with Crippen molar-refractivity contribution in [2.75, 3.05) is 25.3 Å². The minimum Gasteiger partial charge on any atom is -0.493 e. The molecule has 0 unspecified atom stereocenters. The van der Waals surface area contributed by atoms with E-state index in [4.69, 9.17) is 15.2 Å². The van der Waals surface area contributed by atoms with Crippen molar-refractivity contribution in [2.24, 2.45) is 0 Å². The standard InChI is InChI=1S/C19H15BrFN3O4S/c1-27-12-4-3-8(5-13(12)28-2)14-16(29-18(22)24-14)19(26)10-6-9(21)7-11(20)15(10)23-17(19)25/h3-7,26H,1-2H3,(H2,22,24)(H,23,25)/t19-/m0/s1. The van der Waals surface area contributed by atoms with Crippen LogP contribution in [0.15, 0.2) is 34.8 Å². The Morgan fingerprint density at radius 2 is 1.97 bits per heavy atom. The number of thiazole rings is 1. The van der Waals surface area contributed by atoms with Gasteiger partial charge in [0.15, 0.2) is 16.6 Å². The van der Waals surface area contributed by atoms with Gasteiger partial charge in [-0.3, -0.25) is 4.79 Å². The van der Waals surface area contributed by atoms with Crippen LogP contribution >= 0.6 is 27.3 Å². The summed E-state index contributed by atoms with van der Waals surface area (Å²) >= 11 is 4.17. The fraction of sp³-hybridized carbons (Fsp3) is 0.158. The molecule has 3 aromatic rings. The van der Waals surface area contributed by atoms with Gasteiger partial charge < -0.3 is 25.6 Å². The number of nitrogens with zero attached hydrogens (tertiary/aromatic N) is 1. The summed E-state index contributed by atoms with van der Waals surface area (Å²) in [6.45, 7) is 0. The molecule has 0 saturated carbocycles. The van der Waals surface area contributed by atoms with Gasteiger partial charge in [-0.1, -0.05) is 11.3 Å². The zero-order chi connectivity index (χ0) is 20.9. The number of aliphatic hydroxyl groups is 1. The monoisotopic (exact) mass is 479 g/mol. The first kappa shape index (κ1) is 19.6. The number of nitrogen functional groups attached to an aromatic ring is 1. The van der Waals surface area contributed by atoms with E-state index >= 15 is 0 Å². The molecule has 0 radical (unpaired) electrons. The number of fused-ring (bicyclic) bond motifs is 1. The molecular weight excluding hydrogens is 465 g/mol. The Hall–Kier alpha value is -2.69. The number of methoxy groups -OCH3 is 2. The molecule has 4 N–H and O–H groups in total. The molecule has 1 amide bonds. The van der Waals surface area contributed by atoms with E-state index in [-0.39, 0.29) is 15.6 Å². The highest BCUT2D eigenvalue weighted by Crippen LogP contribution is 2.49. The van der Waals surface area contributed by atoms with Crippen LogP contribution in [0.5, 0.6) is 11.5 Å². The minimum atomic E-state index is -2.16. The number of carbonyl (C=O) groups excluding carboxylic acids is 1. The average Bonchev–Trinajstić information content (AvgIpc) is 3.21. The third-order valence-electron chi connectivity index (χ3n) is 4.64. The summed E-state index contributed by atoms with van der Waals surface area (Å²) in [5.74, 6) is -0.367. The molecular formula is C19H15BrFN3O4S. The molecule has 0 aliphatic carbocycles. The van der Waals surface area contributed by atoms with E-state index in [1.54, 1.807) is 18.2 Å². The second-order valence-corrected chi connectivity index (χ2v) is 8.16. The minimum absolute atomic E-state index is 0.0831. The number of anilines is 2. The van der Waals surface area contributed by atoms with Crippen LogP contribution in [0.25, 0.3) is 11.3 Å². The van der Waals surface area contributed by atoms with Crippen molar-refractivity contribution in [3.63, 3.8) is 0 Å². The van der Waals surface area contributed by atoms with E-state index in [0.29, 0.717) is 32.9 Å². The van der Waals surface area contributed by atoms with Gasteiger partial charge in [0.1, 0.15) is 5.82 Å². The van der Waals surface area contributed by atoms with Crippen molar-refractivity contribution in [1.82, 2.24) is 4.98 Å². The lowest BCUT2D eigenvalue weighted by molar-refractivity contribution is -0.129. The molecule has 4 rings (SSSR count). The van der Waals surface area contributed by atoms with E-state index < -0.39 is 17.3 Å². The first-order valence-corrected chi connectivity index (χ1v) is 9.93. The van der Waals surface area contributed by atoms with E-state index in [9.17, 15) is 14.3 Å². The van der Waals surface area contributed by atoms with Gasteiger partial charge in [-0.15, -0.1) is 0 Å². The Balaban J connectivity index is 1.95. The summed E-state index contributed by atoms with van der Waals surface area (Å²) in [5.41, 5.74) is 4.99. The van der Waals surface area contributed by atoms with Crippen LogP contribution in [-0.4, -0.2) is 30.2 Å². The number of aromatic nitrogens is 1. The van der Waals surface area contributed by atoms with Gasteiger partial charge in [-0.05, 0) is 46.3 Å². The third-order valence-corrected chi connectivity index (χ3v) is 6.26. The largest absolute Gasteiger partial charge is 0.493 e. The number of benzene rings is 2. The van der Waals surface area contributed by atoms with Crippen LogP contribution in [0.3, 0.4) is 0 Å². The van der Waals surface area contributed by atoms with Crippen LogP contribution in [0.1, 0.15) is 10.4 Å². The van der Waals surface area contributed by atoms with Gasteiger partial charge in [-0.25, -0.2) is 9.37 Å². The molecule has 2 aromatic carbocycles. The van der Waals surface area contributed by atoms with Gasteiger partial charge in [0.05, 0.1) is 30.5 Å². The molecule has 1 aliphatic rings. The highest BCUT2D eigenvalue weighted by Gasteiger charge is 2.51. The lowest BCUT2D eigenvalue weighted by atomic mass is 9.91. The van der Waals surface area contributed by atoms with Gasteiger partial charge >= 0.3 is 0 Å². The summed E-state index contributed by atoms with van der Waals surface area (Å²) in [4.78, 5) is 17.3. The summed E-state index contributed by atoms with van der Waals surface area (Å²) in [7, 11) is 3.01. The van der Waals surface area contributed by atoms with Crippen molar-refractivity contribution in [3.8, 4) is 22.8 Å². The predicted molar refractivity (Wildman–Crippen MR) is 111 cm³/mol. The van der Waals surface area contributed by atoms with Crippen molar-refractivity contribution in [2.45, 2.75) is 5.60 Å². The van der Waals surface area contributed by atoms with Gasteiger partial charge in [0.2, 0.25) is 5.60 Å². The molecule has 7 nitrogen and oxygen atoms in total. The summed E-state index contributed by atoms with van der Waals surface area (Å²) < 4.78 is 25.0. The fourth-order valence-corrected chi connectivity index (χ4v) is 4.79. The number of amides is 1. The summed E-state index contributed by atoms with van der Waals surface area (Å²) in [6.07, 6.45) is 0. The predicted octanol–water partition coefficient (Wildman–Crippen LogP) is 3.50. The topological polar surface area (TPSA) is 107 Å². The number of hydrogen-bond acceptors (Lipinski definition) is 7. The van der Waals surface area contributed by atoms with Gasteiger partial charge in [0.25, 0.3) is 5.91 Å². The molecule has 29 heavy (non-hydrogen) atoms.